The molecule has 0 spiro atoms. The standard InChI is InChI=1S/C17H20BrNO/c1-4-20-15-7-5-13(6-8-15)17(19)14-9-11(2)16(18)12(3)10-14/h5-10,17H,4,19H2,1-3H3. The van der Waals surface area contributed by atoms with E-state index in [4.69, 9.17) is 10.5 Å². The Bertz CT molecular complexity index is 569. The average Bonchev–Trinajstić information content (AvgIpc) is 2.44. The Labute approximate surface area is 129 Å². The molecule has 2 aromatic rings. The molecule has 1 atom stereocenters. The van der Waals surface area contributed by atoms with Crippen molar-refractivity contribution in [3.8, 4) is 5.75 Å². The van der Waals surface area contributed by atoms with Gasteiger partial charge in [0.05, 0.1) is 12.6 Å². The van der Waals surface area contributed by atoms with E-state index in [0.29, 0.717) is 6.61 Å². The predicted molar refractivity (Wildman–Crippen MR) is 87.3 cm³/mol. The Kier molecular flexibility index (Phi) is 4.84. The number of hydrogen-bond donors (Lipinski definition) is 1. The lowest BCUT2D eigenvalue weighted by Gasteiger charge is -2.16. The van der Waals surface area contributed by atoms with Gasteiger partial charge in [-0.25, -0.2) is 0 Å². The lowest BCUT2D eigenvalue weighted by molar-refractivity contribution is 0.340. The molecule has 0 aliphatic carbocycles. The zero-order valence-corrected chi connectivity index (χ0v) is 13.7. The van der Waals surface area contributed by atoms with Gasteiger partial charge >= 0.3 is 0 Å². The number of nitrogens with two attached hydrogens (primary N) is 1. The van der Waals surface area contributed by atoms with Gasteiger partial charge in [-0.05, 0) is 55.2 Å². The molecule has 0 heterocycles. The van der Waals surface area contributed by atoms with Crippen LogP contribution in [0.4, 0.5) is 0 Å². The fourth-order valence-corrected chi connectivity index (χ4v) is 2.52. The molecule has 2 N–H and O–H groups in total. The molecule has 2 nitrogen and oxygen atoms in total. The highest BCUT2D eigenvalue weighted by molar-refractivity contribution is 9.10. The second-order valence-corrected chi connectivity index (χ2v) is 5.74. The summed E-state index contributed by atoms with van der Waals surface area (Å²) in [6.07, 6.45) is 0. The molecule has 0 aliphatic rings. The van der Waals surface area contributed by atoms with Crippen LogP contribution in [0.3, 0.4) is 0 Å². The molecule has 0 bridgehead atoms. The van der Waals surface area contributed by atoms with E-state index >= 15 is 0 Å². The van der Waals surface area contributed by atoms with Crippen molar-refractivity contribution >= 4 is 15.9 Å². The molecule has 0 amide bonds. The second kappa shape index (κ2) is 6.42. The molecule has 2 aromatic carbocycles. The van der Waals surface area contributed by atoms with Gasteiger partial charge in [0.1, 0.15) is 5.75 Å². The van der Waals surface area contributed by atoms with Gasteiger partial charge in [-0.1, -0.05) is 40.2 Å². The Balaban J connectivity index is 2.28. The van der Waals surface area contributed by atoms with Crippen LogP contribution in [0.2, 0.25) is 0 Å². The Hall–Kier alpha value is -1.32. The topological polar surface area (TPSA) is 35.2 Å². The van der Waals surface area contributed by atoms with Crippen molar-refractivity contribution in [3.05, 3.63) is 63.1 Å². The third-order valence-corrected chi connectivity index (χ3v) is 4.62. The Morgan fingerprint density at radius 1 is 1.05 bits per heavy atom. The highest BCUT2D eigenvalue weighted by atomic mass is 79.9. The molecular formula is C17H20BrNO. The molecule has 0 fully saturated rings. The minimum Gasteiger partial charge on any atom is -0.494 e. The highest BCUT2D eigenvalue weighted by Gasteiger charge is 2.11. The van der Waals surface area contributed by atoms with Gasteiger partial charge in [0.15, 0.2) is 0 Å². The van der Waals surface area contributed by atoms with Crippen LogP contribution in [0.1, 0.15) is 35.2 Å². The normalized spacial score (nSPS) is 12.2. The molecule has 3 heteroatoms. The third kappa shape index (κ3) is 3.22. The molecule has 106 valence electrons. The van der Waals surface area contributed by atoms with Crippen molar-refractivity contribution in [2.45, 2.75) is 26.8 Å². The third-order valence-electron chi connectivity index (χ3n) is 3.37. The van der Waals surface area contributed by atoms with E-state index in [1.165, 1.54) is 11.1 Å². The van der Waals surface area contributed by atoms with Crippen LogP contribution in [0.15, 0.2) is 40.9 Å². The van der Waals surface area contributed by atoms with Crippen molar-refractivity contribution < 1.29 is 4.74 Å². The van der Waals surface area contributed by atoms with Crippen molar-refractivity contribution in [1.82, 2.24) is 0 Å². The van der Waals surface area contributed by atoms with Gasteiger partial charge < -0.3 is 10.5 Å². The first-order chi connectivity index (χ1) is 9.52. The molecule has 0 aromatic heterocycles. The van der Waals surface area contributed by atoms with E-state index in [2.05, 4.69) is 41.9 Å². The van der Waals surface area contributed by atoms with Crippen LogP contribution in [0, 0.1) is 13.8 Å². The van der Waals surface area contributed by atoms with E-state index in [1.807, 2.05) is 31.2 Å². The van der Waals surface area contributed by atoms with Crippen LogP contribution in [-0.4, -0.2) is 6.61 Å². The Morgan fingerprint density at radius 2 is 1.60 bits per heavy atom. The van der Waals surface area contributed by atoms with Crippen molar-refractivity contribution in [2.75, 3.05) is 6.61 Å². The van der Waals surface area contributed by atoms with Crippen molar-refractivity contribution in [3.63, 3.8) is 0 Å². The zero-order valence-electron chi connectivity index (χ0n) is 12.1. The first-order valence-electron chi connectivity index (χ1n) is 6.78. The molecule has 0 radical (unpaired) electrons. The van der Waals surface area contributed by atoms with Crippen molar-refractivity contribution in [2.24, 2.45) is 5.73 Å². The number of hydrogen-bond acceptors (Lipinski definition) is 2. The zero-order chi connectivity index (χ0) is 14.7. The van der Waals surface area contributed by atoms with Gasteiger partial charge in [0.25, 0.3) is 0 Å². The molecular weight excluding hydrogens is 314 g/mol. The van der Waals surface area contributed by atoms with E-state index in [9.17, 15) is 0 Å². The summed E-state index contributed by atoms with van der Waals surface area (Å²) in [5, 5.41) is 0. The first-order valence-corrected chi connectivity index (χ1v) is 7.57. The van der Waals surface area contributed by atoms with Crippen LogP contribution in [0.5, 0.6) is 5.75 Å². The number of ether oxygens (including phenoxy) is 1. The Morgan fingerprint density at radius 3 is 2.10 bits per heavy atom. The van der Waals surface area contributed by atoms with Gasteiger partial charge in [-0.15, -0.1) is 0 Å². The van der Waals surface area contributed by atoms with Gasteiger partial charge in [-0.3, -0.25) is 0 Å². The largest absolute Gasteiger partial charge is 0.494 e. The average molecular weight is 334 g/mol. The molecule has 20 heavy (non-hydrogen) atoms. The smallest absolute Gasteiger partial charge is 0.119 e. The van der Waals surface area contributed by atoms with E-state index in [-0.39, 0.29) is 6.04 Å². The minimum absolute atomic E-state index is 0.115. The van der Waals surface area contributed by atoms with Gasteiger partial charge in [0, 0.05) is 4.47 Å². The summed E-state index contributed by atoms with van der Waals surface area (Å²) in [5.41, 5.74) is 11.0. The van der Waals surface area contributed by atoms with Gasteiger partial charge in [0.2, 0.25) is 0 Å². The van der Waals surface area contributed by atoms with Crippen LogP contribution in [0.25, 0.3) is 0 Å². The van der Waals surface area contributed by atoms with Gasteiger partial charge in [-0.2, -0.15) is 0 Å². The summed E-state index contributed by atoms with van der Waals surface area (Å²) in [7, 11) is 0. The fraction of sp³-hybridized carbons (Fsp3) is 0.294. The lowest BCUT2D eigenvalue weighted by atomic mass is 9.96. The maximum atomic E-state index is 6.37. The van der Waals surface area contributed by atoms with E-state index in [1.54, 1.807) is 0 Å². The molecule has 0 saturated carbocycles. The number of halogens is 1. The molecule has 0 saturated heterocycles. The summed E-state index contributed by atoms with van der Waals surface area (Å²) in [6.45, 7) is 6.83. The number of benzene rings is 2. The maximum Gasteiger partial charge on any atom is 0.119 e. The quantitative estimate of drug-likeness (QED) is 0.893. The molecule has 0 aliphatic heterocycles. The van der Waals surface area contributed by atoms with Crippen molar-refractivity contribution in [1.29, 1.82) is 0 Å². The fourth-order valence-electron chi connectivity index (χ4n) is 2.29. The summed E-state index contributed by atoms with van der Waals surface area (Å²) >= 11 is 3.59. The SMILES string of the molecule is CCOc1ccc(C(N)c2cc(C)c(Br)c(C)c2)cc1. The molecule has 1 unspecified atom stereocenters. The summed E-state index contributed by atoms with van der Waals surface area (Å²) in [4.78, 5) is 0. The van der Waals surface area contributed by atoms with E-state index < -0.39 is 0 Å². The van der Waals surface area contributed by atoms with E-state index in [0.717, 1.165) is 21.3 Å². The maximum absolute atomic E-state index is 6.37. The van der Waals surface area contributed by atoms with Crippen LogP contribution >= 0.6 is 15.9 Å². The first kappa shape index (κ1) is 15.1. The minimum atomic E-state index is -0.115. The highest BCUT2D eigenvalue weighted by Crippen LogP contribution is 2.28. The van der Waals surface area contributed by atoms with Crippen LogP contribution < -0.4 is 10.5 Å². The van der Waals surface area contributed by atoms with Crippen LogP contribution in [-0.2, 0) is 0 Å². The summed E-state index contributed by atoms with van der Waals surface area (Å²) < 4.78 is 6.61. The summed E-state index contributed by atoms with van der Waals surface area (Å²) in [6, 6.07) is 12.2. The summed E-state index contributed by atoms with van der Waals surface area (Å²) in [5.74, 6) is 0.881. The second-order valence-electron chi connectivity index (χ2n) is 4.95. The predicted octanol–water partition coefficient (Wildman–Crippen LogP) is 4.51. The lowest BCUT2D eigenvalue weighted by Crippen LogP contribution is -2.12. The molecule has 2 rings (SSSR count). The number of aryl methyl sites for hydroxylation is 2. The number of rotatable bonds is 4. The monoisotopic (exact) mass is 333 g/mol.